The molecule has 0 aromatic heterocycles. The third-order valence-corrected chi connectivity index (χ3v) is 11.6. The third-order valence-electron chi connectivity index (χ3n) is 9.69. The van der Waals surface area contributed by atoms with Crippen LogP contribution in [0.2, 0.25) is 0 Å². The zero-order valence-corrected chi connectivity index (χ0v) is 63.7. The van der Waals surface area contributed by atoms with E-state index in [2.05, 4.69) is 135 Å². The zero-order valence-electron chi connectivity index (χ0n) is 62.0. The first kappa shape index (κ1) is 109. The Balaban J connectivity index is -0.000000128. The summed E-state index contributed by atoms with van der Waals surface area (Å²) in [4.78, 5) is 87.1. The number of anilines is 1. The number of urea groups is 1. The maximum atomic E-state index is 11.8. The van der Waals surface area contributed by atoms with Crippen molar-refractivity contribution in [2.75, 3.05) is 31.3 Å². The van der Waals surface area contributed by atoms with Gasteiger partial charge in [-0.25, -0.2) is 27.9 Å². The Morgan fingerprint density at radius 3 is 1.17 bits per heavy atom. The molecule has 24 heteroatoms. The molecular formula is C72H140N8O14S2. The molecule has 3 amide bonds. The molecule has 0 saturated carbocycles. The van der Waals surface area contributed by atoms with Crippen molar-refractivity contribution in [1.82, 2.24) is 25.4 Å². The van der Waals surface area contributed by atoms with Gasteiger partial charge in [0.15, 0.2) is 11.6 Å². The summed E-state index contributed by atoms with van der Waals surface area (Å²) in [6.07, 6.45) is 2.23. The predicted octanol–water partition coefficient (Wildman–Crippen LogP) is 13.2. The molecule has 0 bridgehead atoms. The normalized spacial score (nSPS) is 13.1. The molecule has 1 atom stereocenters. The van der Waals surface area contributed by atoms with Crippen LogP contribution in [-0.4, -0.2) is 117 Å². The number of amides is 3. The van der Waals surface area contributed by atoms with Crippen molar-refractivity contribution >= 4 is 61.2 Å². The van der Waals surface area contributed by atoms with E-state index in [9.17, 15) is 55.2 Å². The molecule has 0 spiro atoms. The van der Waals surface area contributed by atoms with Crippen LogP contribution in [0.4, 0.5) is 10.5 Å². The molecule has 1 fully saturated rings. The van der Waals surface area contributed by atoms with Crippen molar-refractivity contribution in [2.45, 2.75) is 289 Å². The molecule has 1 aliphatic rings. The van der Waals surface area contributed by atoms with Gasteiger partial charge in [-0.3, -0.25) is 28.8 Å². The van der Waals surface area contributed by atoms with Gasteiger partial charge in [0.2, 0.25) is 26.7 Å². The summed E-state index contributed by atoms with van der Waals surface area (Å²) in [6, 6.07) is 16.0. The SMILES string of the molecule is C.C.C.C.CC(=O)C(=O)NC(C)(C)C.CC(C)(C)C.CC(C)(C)CC(=O)C1COCCN1.CC(C)(C)CC(=O)c1ccc(C(=O)O)cc1.CC(C)(C)NC(N)=O.CC(C)(C)NS(C)(=O)=O.CC(C)(C)NS(N)(=O)=O.CC(C)(C)c1ccccc1.Cc1c(NC(C)(C)C)c(=O)c1=O. The summed E-state index contributed by atoms with van der Waals surface area (Å²) in [5.74, 6) is -1.63. The highest BCUT2D eigenvalue weighted by Gasteiger charge is 2.26. The molecule has 22 nitrogen and oxygen atoms in total. The number of morpholine rings is 1. The van der Waals surface area contributed by atoms with Crippen LogP contribution in [0.3, 0.4) is 0 Å². The fourth-order valence-corrected chi connectivity index (χ4v) is 8.52. The molecule has 0 radical (unpaired) electrons. The van der Waals surface area contributed by atoms with Gasteiger partial charge in [0.05, 0.1) is 36.8 Å². The van der Waals surface area contributed by atoms with E-state index in [0.717, 1.165) is 19.4 Å². The monoisotopic (exact) mass is 1400 g/mol. The molecule has 1 aliphatic heterocycles. The van der Waals surface area contributed by atoms with E-state index in [1.54, 1.807) is 60.6 Å². The van der Waals surface area contributed by atoms with Crippen molar-refractivity contribution < 1.29 is 55.4 Å². The Morgan fingerprint density at radius 1 is 0.573 bits per heavy atom. The van der Waals surface area contributed by atoms with Crippen molar-refractivity contribution in [3.05, 3.63) is 97.3 Å². The lowest BCUT2D eigenvalue weighted by atomic mass is 9.87. The summed E-state index contributed by atoms with van der Waals surface area (Å²) in [6.45, 7) is 60.1. The quantitative estimate of drug-likeness (QED) is 0.0710. The minimum atomic E-state index is -3.53. The maximum Gasteiger partial charge on any atom is 0.335 e. The topological polar surface area (TPSA) is 359 Å². The van der Waals surface area contributed by atoms with Gasteiger partial charge in [-0.1, -0.05) is 162 Å². The van der Waals surface area contributed by atoms with Gasteiger partial charge in [0.25, 0.3) is 16.1 Å². The average Bonchev–Trinajstić information content (AvgIpc) is 0.818. The van der Waals surface area contributed by atoms with E-state index in [4.69, 9.17) is 15.6 Å². The first-order chi connectivity index (χ1) is 40.4. The average molecular weight is 1410 g/mol. The Bertz CT molecular complexity index is 2960. The minimum Gasteiger partial charge on any atom is -0.478 e. The number of nitrogens with one attached hydrogen (secondary N) is 6. The number of carbonyl (C=O) groups excluding carboxylic acids is 5. The number of hydrogen-bond acceptors (Lipinski definition) is 15. The second kappa shape index (κ2) is 45.7. The smallest absolute Gasteiger partial charge is 0.335 e. The molecule has 3 aromatic rings. The van der Waals surface area contributed by atoms with Gasteiger partial charge in [0, 0.05) is 65.1 Å². The van der Waals surface area contributed by atoms with Gasteiger partial charge in [-0.2, -0.15) is 13.1 Å². The third kappa shape index (κ3) is 74.0. The lowest BCUT2D eigenvalue weighted by molar-refractivity contribution is -0.137. The number of carboxylic acid groups (broad SMARTS) is 1. The Labute approximate surface area is 584 Å². The highest BCUT2D eigenvalue weighted by atomic mass is 32.2. The van der Waals surface area contributed by atoms with E-state index in [0.29, 0.717) is 47.1 Å². The summed E-state index contributed by atoms with van der Waals surface area (Å²) >= 11 is 0. The minimum absolute atomic E-state index is 0. The molecule has 1 heterocycles. The van der Waals surface area contributed by atoms with Crippen LogP contribution in [-0.2, 0) is 44.8 Å². The molecule has 1 saturated heterocycles. The standard InChI is InChI=1S/C13H16O3.C10H19NO2.C10H14.C9H13NO2.C7H13NO2.C5H12N2O.C5H13NO2S.C5H12.C4H12N2O2S.4CH4/c1-13(2,3)8-11(14)9-4-6-10(7-5-9)12(15)16;1-10(2,3)6-9(12)8-7-13-5-4-11-8;1-10(2,3)9-7-5-4-6-8-9;1-5-6(8(12)7(5)11)10-9(2,3)4;1-5(9)6(10)8-7(2,3)4;1-5(2,3)7-4(6)8;1-5(2,3)6-9(4,7)8;1-5(2,3)4;1-4(2,3)6-9(5,7)8;;;;/h4-7H,8H2,1-3H3,(H,15,16);8,11H,4-7H2,1-3H3;4-8H,1-3H3;10H,1-4H3;1-4H3,(H,8,10);1-3H3,(H3,6,7,8);6H,1-4H3;1-4H3;6H,1-3H3,(H2,5,7,8);4*1H4. The second-order valence-corrected chi connectivity index (χ2v) is 35.5. The van der Waals surface area contributed by atoms with Crippen LogP contribution in [0.5, 0.6) is 0 Å². The fraction of sp³-hybridized carbons (Fsp3) is 0.694. The van der Waals surface area contributed by atoms with E-state index in [-0.39, 0.29) is 96.7 Å². The van der Waals surface area contributed by atoms with Gasteiger partial charge >= 0.3 is 12.0 Å². The number of hydrogen-bond donors (Lipinski definition) is 9. The largest absolute Gasteiger partial charge is 0.478 e. The molecule has 96 heavy (non-hydrogen) atoms. The molecule has 11 N–H and O–H groups in total. The Morgan fingerprint density at radius 2 is 0.958 bits per heavy atom. The first-order valence-electron chi connectivity index (χ1n) is 30.4. The molecule has 1 unspecified atom stereocenters. The molecule has 4 rings (SSSR count). The van der Waals surface area contributed by atoms with Crippen LogP contribution in [0.15, 0.2) is 64.2 Å². The second-order valence-electron chi connectivity index (χ2n) is 32.5. The summed E-state index contributed by atoms with van der Waals surface area (Å²) < 4.78 is 51.6. The highest BCUT2D eigenvalue weighted by Crippen LogP contribution is 2.23. The number of sulfonamides is 1. The molecule has 3 aromatic carbocycles. The number of Topliss-reactive ketones (excluding diaryl/α,β-unsaturated/α-hetero) is 3. The van der Waals surface area contributed by atoms with Crippen LogP contribution >= 0.6 is 0 Å². The number of carbonyl (C=O) groups is 6. The Hall–Kier alpha value is -5.76. The number of rotatable bonds is 9. The summed E-state index contributed by atoms with van der Waals surface area (Å²) in [7, 11) is -6.56. The lowest BCUT2D eigenvalue weighted by Crippen LogP contribution is -2.47. The maximum absolute atomic E-state index is 11.8. The van der Waals surface area contributed by atoms with Gasteiger partial charge in [-0.15, -0.1) is 0 Å². The summed E-state index contributed by atoms with van der Waals surface area (Å²) in [5, 5.41) is 24.6. The van der Waals surface area contributed by atoms with Gasteiger partial charge < -0.3 is 36.8 Å². The van der Waals surface area contributed by atoms with E-state index >= 15 is 0 Å². The number of benzene rings is 2. The van der Waals surface area contributed by atoms with E-state index < -0.39 is 49.5 Å². The van der Waals surface area contributed by atoms with Crippen molar-refractivity contribution in [1.29, 1.82) is 0 Å². The number of nitrogens with two attached hydrogens (primary N) is 2. The van der Waals surface area contributed by atoms with Gasteiger partial charge in [0.1, 0.15) is 0 Å². The van der Waals surface area contributed by atoms with Crippen LogP contribution in [0, 0.1) is 23.2 Å². The molecular weight excluding hydrogens is 1260 g/mol. The van der Waals surface area contributed by atoms with Crippen LogP contribution in [0.25, 0.3) is 0 Å². The number of aromatic carboxylic acids is 1. The van der Waals surface area contributed by atoms with Crippen molar-refractivity contribution in [2.24, 2.45) is 27.1 Å². The fourth-order valence-electron chi connectivity index (χ4n) is 6.55. The number of ether oxygens (including phenoxy) is 1. The molecule has 564 valence electrons. The lowest BCUT2D eigenvalue weighted by Gasteiger charge is -2.25. The van der Waals surface area contributed by atoms with Crippen LogP contribution < -0.4 is 52.4 Å². The molecule has 0 aliphatic carbocycles. The van der Waals surface area contributed by atoms with Crippen molar-refractivity contribution in [3.8, 4) is 0 Å². The highest BCUT2D eigenvalue weighted by molar-refractivity contribution is 7.88. The van der Waals surface area contributed by atoms with Crippen LogP contribution in [0.1, 0.15) is 275 Å². The predicted molar refractivity (Wildman–Crippen MR) is 405 cm³/mol. The Kier molecular flexibility index (Phi) is 51.9. The van der Waals surface area contributed by atoms with Gasteiger partial charge in [-0.05, 0) is 150 Å². The number of ketones is 3. The van der Waals surface area contributed by atoms with E-state index in [1.807, 2.05) is 83.1 Å². The van der Waals surface area contributed by atoms with Crippen molar-refractivity contribution in [3.63, 3.8) is 0 Å². The number of primary amides is 1. The summed E-state index contributed by atoms with van der Waals surface area (Å²) in [5.41, 5.74) is 6.59. The first-order valence-corrected chi connectivity index (χ1v) is 33.9. The zero-order chi connectivity index (χ0) is 74.4. The van der Waals surface area contributed by atoms with E-state index in [1.165, 1.54) is 24.6 Å². The number of carboxylic acids is 1.